The number of para-hydroxylation sites is 2. The number of Topliss-reactive ketones (excluding diaryl/α,β-unsaturated/α-hetero) is 1. The van der Waals surface area contributed by atoms with E-state index < -0.39 is 52.8 Å². The van der Waals surface area contributed by atoms with E-state index in [2.05, 4.69) is 133 Å². The zero-order valence-corrected chi connectivity index (χ0v) is 48.3. The summed E-state index contributed by atoms with van der Waals surface area (Å²) in [5.41, 5.74) is 2.64. The number of allylic oxidation sites excluding steroid dienone is 4. The molecule has 5 aromatic carbocycles. The first kappa shape index (κ1) is 65.6. The molecule has 0 unspecified atom stereocenters. The van der Waals surface area contributed by atoms with Gasteiger partial charge in [-0.05, 0) is 86.9 Å². The highest BCUT2D eigenvalue weighted by molar-refractivity contribution is 8.04. The highest BCUT2D eigenvalue weighted by Crippen LogP contribution is 2.56. The molecule has 0 aromatic heterocycles. The molecule has 0 saturated heterocycles. The zero-order chi connectivity index (χ0) is 52.7. The number of hydrogen-bond donors (Lipinski definition) is 2. The van der Waals surface area contributed by atoms with Crippen LogP contribution in [-0.2, 0) is 19.1 Å². The average Bonchev–Trinajstić information content (AvgIpc) is 3.40. The summed E-state index contributed by atoms with van der Waals surface area (Å²) in [5.74, 6) is -3.98. The third kappa shape index (κ3) is 18.6. The van der Waals surface area contributed by atoms with Crippen molar-refractivity contribution in [1.82, 2.24) is 0 Å². The van der Waals surface area contributed by atoms with Gasteiger partial charge < -0.3 is 68.1 Å². The van der Waals surface area contributed by atoms with Crippen LogP contribution in [0, 0.1) is 0 Å². The highest BCUT2D eigenvalue weighted by Gasteiger charge is 2.45. The fourth-order valence-electron chi connectivity index (χ4n) is 7.54. The number of rotatable bonds is 14. The molecule has 0 aliphatic carbocycles. The number of ketones is 1. The molecule has 7 rings (SSSR count). The molecule has 7 nitrogen and oxygen atoms in total. The summed E-state index contributed by atoms with van der Waals surface area (Å²) >= 11 is 1.64. The van der Waals surface area contributed by atoms with Crippen LogP contribution in [0.4, 0.5) is 37.7 Å². The lowest BCUT2D eigenvalue weighted by atomic mass is 10.0. The molecule has 0 spiro atoms. The van der Waals surface area contributed by atoms with E-state index in [4.69, 9.17) is 4.74 Å². The van der Waals surface area contributed by atoms with Crippen LogP contribution >= 0.6 is 30.8 Å². The molecule has 74 heavy (non-hydrogen) atoms. The van der Waals surface area contributed by atoms with E-state index in [1.54, 1.807) is 24.3 Å². The number of alkyl halides is 6. The average molecular weight is 1300 g/mol. The first-order chi connectivity index (χ1) is 34.5. The molecule has 18 heteroatoms. The predicted molar refractivity (Wildman–Crippen MR) is 288 cm³/mol. The molecule has 2 heterocycles. The molecule has 0 fully saturated rings. The number of amides is 2. The van der Waals surface area contributed by atoms with Crippen molar-refractivity contribution in [3.63, 3.8) is 0 Å². The first-order valence-electron chi connectivity index (χ1n) is 23.2. The molecular formula is C56H60F6I2N2O5PS2-. The van der Waals surface area contributed by atoms with Gasteiger partial charge in [-0.15, -0.1) is 36.7 Å². The van der Waals surface area contributed by atoms with E-state index in [9.17, 15) is 40.7 Å². The van der Waals surface area contributed by atoms with Crippen molar-refractivity contribution in [3.05, 3.63) is 191 Å². The summed E-state index contributed by atoms with van der Waals surface area (Å²) in [6, 6.07) is 46.6. The standard InChI is InChI=1S/C22H24P.C18H20F3NO2S.C14H12F3NO3S.C2H4.2HI/c1-2-3-19-23(20-13-7-4-8-14-20,21-15-9-5-10-16-21)22-17-11-6-12-18-22;1-3-4-7-12(2)13-8-5-6-9-14(13)22-17(23)15-16(18(19,20)21)24-10-11-25-15;1-8(19)9-4-2-3-5-10(9)18-13(20)11-12(14(15,16)17)21-6-7-22-11;1-2;;/h4-18H,2-3,19H2,1H3;5-9H,3-4,10-11H2,1-2H3,(H,22,23);2-5H,6-7H2,1H3,(H,18,20);1-2H2;2*1H/q+1;;;;;/p-2. The Morgan fingerprint density at radius 1 is 0.581 bits per heavy atom. The second kappa shape index (κ2) is 32.8. The van der Waals surface area contributed by atoms with Gasteiger partial charge >= 0.3 is 12.4 Å². The molecule has 2 aliphatic heterocycles. The van der Waals surface area contributed by atoms with Crippen molar-refractivity contribution in [3.8, 4) is 0 Å². The molecule has 2 N–H and O–H groups in total. The SMILES string of the molecule is C=C.CC(=O)c1ccccc1NC(=O)C1=C(C(F)(F)F)OCCS1.CCCC=C(C)c1ccccc1NC(=O)C1=C(C(F)(F)F)OCCS1.CCCC[P+](c1ccccc1)(c1ccccc1)c1ccccc1.[I-].[I-]. The van der Waals surface area contributed by atoms with Crippen molar-refractivity contribution in [2.45, 2.75) is 65.7 Å². The number of ether oxygens (including phenoxy) is 2. The van der Waals surface area contributed by atoms with Crippen LogP contribution in [0.15, 0.2) is 180 Å². The van der Waals surface area contributed by atoms with Gasteiger partial charge in [-0.3, -0.25) is 14.4 Å². The number of anilines is 2. The Morgan fingerprint density at radius 3 is 1.31 bits per heavy atom. The fraction of sp³-hybridized carbons (Fsp3) is 0.268. The summed E-state index contributed by atoms with van der Waals surface area (Å²) in [7, 11) is -1.57. The van der Waals surface area contributed by atoms with Crippen LogP contribution in [0.3, 0.4) is 0 Å². The van der Waals surface area contributed by atoms with E-state index in [1.165, 1.54) is 54.0 Å². The third-order valence-corrected chi connectivity index (χ3v) is 17.4. The van der Waals surface area contributed by atoms with Gasteiger partial charge in [0.2, 0.25) is 11.5 Å². The van der Waals surface area contributed by atoms with Gasteiger partial charge in [0.15, 0.2) is 5.78 Å². The van der Waals surface area contributed by atoms with E-state index in [0.29, 0.717) is 11.4 Å². The number of benzene rings is 5. The van der Waals surface area contributed by atoms with Gasteiger partial charge in [0.05, 0.1) is 25.1 Å². The number of halogens is 8. The minimum Gasteiger partial charge on any atom is -1.00 e. The summed E-state index contributed by atoms with van der Waals surface area (Å²) in [5, 5.41) is 9.42. The van der Waals surface area contributed by atoms with E-state index >= 15 is 0 Å². The minimum absolute atomic E-state index is 0. The lowest BCUT2D eigenvalue weighted by Crippen LogP contribution is -3.00. The highest BCUT2D eigenvalue weighted by atomic mass is 127. The van der Waals surface area contributed by atoms with Crippen LogP contribution in [-0.4, -0.2) is 60.8 Å². The third-order valence-electron chi connectivity index (χ3n) is 10.8. The van der Waals surface area contributed by atoms with Crippen LogP contribution in [0.5, 0.6) is 0 Å². The minimum atomic E-state index is -4.74. The second-order valence-corrected chi connectivity index (χ2v) is 21.7. The predicted octanol–water partition coefficient (Wildman–Crippen LogP) is 8.32. The van der Waals surface area contributed by atoms with Crippen molar-refractivity contribution in [1.29, 1.82) is 0 Å². The maximum absolute atomic E-state index is 13.1. The smallest absolute Gasteiger partial charge is 0.450 e. The van der Waals surface area contributed by atoms with Gasteiger partial charge in [0, 0.05) is 28.3 Å². The number of thioether (sulfide) groups is 2. The van der Waals surface area contributed by atoms with Crippen molar-refractivity contribution in [2.24, 2.45) is 0 Å². The number of unbranched alkanes of at least 4 members (excludes halogenated alkanes) is 2. The van der Waals surface area contributed by atoms with Crippen molar-refractivity contribution in [2.75, 3.05) is 41.5 Å². The normalized spacial score (nSPS) is 13.5. The lowest BCUT2D eigenvalue weighted by molar-refractivity contribution is -0.133. The summed E-state index contributed by atoms with van der Waals surface area (Å²) in [4.78, 5) is 35.1. The van der Waals surface area contributed by atoms with E-state index in [1.807, 2.05) is 25.1 Å². The zero-order valence-electron chi connectivity index (χ0n) is 41.5. The fourth-order valence-corrected chi connectivity index (χ4v) is 13.8. The number of carbonyl (C=O) groups excluding carboxylic acids is 3. The van der Waals surface area contributed by atoms with Gasteiger partial charge in [0.25, 0.3) is 11.8 Å². The molecule has 0 saturated carbocycles. The summed E-state index contributed by atoms with van der Waals surface area (Å²) < 4.78 is 87.1. The van der Waals surface area contributed by atoms with Crippen LogP contribution in [0.25, 0.3) is 5.57 Å². The Balaban J connectivity index is 0.000000369. The van der Waals surface area contributed by atoms with E-state index in [-0.39, 0.29) is 84.0 Å². The van der Waals surface area contributed by atoms with Gasteiger partial charge in [0.1, 0.15) is 33.0 Å². The second-order valence-electron chi connectivity index (χ2n) is 15.8. The Kier molecular flexibility index (Phi) is 29.0. The molecule has 0 atom stereocenters. The number of carbonyl (C=O) groups is 3. The maximum atomic E-state index is 13.1. The lowest BCUT2D eigenvalue weighted by Gasteiger charge is -2.27. The molecule has 0 radical (unpaired) electrons. The summed E-state index contributed by atoms with van der Waals surface area (Å²) in [6.07, 6.45) is -1.77. The molecule has 2 amide bonds. The van der Waals surface area contributed by atoms with Gasteiger partial charge in [-0.1, -0.05) is 118 Å². The van der Waals surface area contributed by atoms with Crippen LogP contribution in [0.1, 0.15) is 69.3 Å². The molecule has 5 aromatic rings. The van der Waals surface area contributed by atoms with Crippen LogP contribution in [0.2, 0.25) is 0 Å². The first-order valence-corrected chi connectivity index (χ1v) is 27.1. The Bertz CT molecular complexity index is 2560. The van der Waals surface area contributed by atoms with Crippen molar-refractivity contribution >= 4 is 81.2 Å². The Labute approximate surface area is 474 Å². The molecule has 0 bridgehead atoms. The Morgan fingerprint density at radius 2 is 0.946 bits per heavy atom. The monoisotopic (exact) mass is 1300 g/mol. The van der Waals surface area contributed by atoms with E-state index in [0.717, 1.165) is 47.5 Å². The summed E-state index contributed by atoms with van der Waals surface area (Å²) in [6.45, 7) is 13.4. The topological polar surface area (TPSA) is 93.7 Å². The molecular weight excluding hydrogens is 1240 g/mol. The van der Waals surface area contributed by atoms with Crippen molar-refractivity contribution < 1.29 is 98.2 Å². The maximum Gasteiger partial charge on any atom is 0.450 e. The number of nitrogens with one attached hydrogen (secondary N) is 2. The quantitative estimate of drug-likeness (QED) is 0.0380. The van der Waals surface area contributed by atoms with Gasteiger partial charge in [-0.25, -0.2) is 0 Å². The molecule has 398 valence electrons. The van der Waals surface area contributed by atoms with Gasteiger partial charge in [-0.2, -0.15) is 26.3 Å². The largest absolute Gasteiger partial charge is 1.00 e. The Hall–Kier alpha value is -4.56. The number of hydrogen-bond acceptors (Lipinski definition) is 7. The molecule has 2 aliphatic rings. The van der Waals surface area contributed by atoms with Crippen LogP contribution < -0.4 is 74.5 Å².